The van der Waals surface area contributed by atoms with Crippen LogP contribution in [0.25, 0.3) is 0 Å². The number of benzene rings is 2. The summed E-state index contributed by atoms with van der Waals surface area (Å²) in [6.45, 7) is 0.186. The molecule has 6 heteroatoms. The maximum Gasteiger partial charge on any atom is 0.141 e. The Hall–Kier alpha value is -2.08. The minimum Gasteiger partial charge on any atom is -0.496 e. The first-order chi connectivity index (χ1) is 10.0. The lowest BCUT2D eigenvalue weighted by molar-refractivity contribution is 0.295. The first-order valence-electron chi connectivity index (χ1n) is 6.10. The van der Waals surface area contributed by atoms with E-state index in [1.54, 1.807) is 37.4 Å². The van der Waals surface area contributed by atoms with Gasteiger partial charge in [0.25, 0.3) is 0 Å². The Morgan fingerprint density at radius 2 is 2.05 bits per heavy atom. The number of halogens is 2. The van der Waals surface area contributed by atoms with Gasteiger partial charge in [0.2, 0.25) is 0 Å². The van der Waals surface area contributed by atoms with Gasteiger partial charge in [-0.05, 0) is 46.3 Å². The average Bonchev–Trinajstić information content (AvgIpc) is 2.48. The van der Waals surface area contributed by atoms with Gasteiger partial charge >= 0.3 is 0 Å². The predicted octanol–water partition coefficient (Wildman–Crippen LogP) is 3.46. The maximum atomic E-state index is 13.4. The molecule has 0 aromatic heterocycles. The second-order valence-electron chi connectivity index (χ2n) is 4.30. The van der Waals surface area contributed by atoms with Crippen LogP contribution in [0, 0.1) is 11.2 Å². The van der Waals surface area contributed by atoms with Gasteiger partial charge in [0.15, 0.2) is 0 Å². The summed E-state index contributed by atoms with van der Waals surface area (Å²) in [5.74, 6) is 0.606. The molecule has 0 atom stereocenters. The van der Waals surface area contributed by atoms with Crippen molar-refractivity contribution >= 4 is 21.8 Å². The van der Waals surface area contributed by atoms with E-state index in [-0.39, 0.29) is 12.4 Å². The van der Waals surface area contributed by atoms with E-state index in [4.69, 9.17) is 20.6 Å². The molecule has 2 aromatic rings. The van der Waals surface area contributed by atoms with Crippen LogP contribution in [0.5, 0.6) is 11.5 Å². The Bertz CT molecular complexity index is 677. The molecule has 0 aliphatic carbocycles. The molecule has 2 rings (SSSR count). The number of nitrogen functional groups attached to an aromatic ring is 1. The highest BCUT2D eigenvalue weighted by molar-refractivity contribution is 9.10. The summed E-state index contributed by atoms with van der Waals surface area (Å²) in [5, 5.41) is 7.45. The Morgan fingerprint density at radius 3 is 2.67 bits per heavy atom. The summed E-state index contributed by atoms with van der Waals surface area (Å²) in [6, 6.07) is 9.67. The summed E-state index contributed by atoms with van der Waals surface area (Å²) in [6.07, 6.45) is 0. The van der Waals surface area contributed by atoms with Gasteiger partial charge in [-0.1, -0.05) is 0 Å². The Labute approximate surface area is 130 Å². The fourth-order valence-corrected chi connectivity index (χ4v) is 2.03. The summed E-state index contributed by atoms with van der Waals surface area (Å²) in [5.41, 5.74) is 6.77. The number of methoxy groups -OCH3 is 1. The topological polar surface area (TPSA) is 68.3 Å². The molecule has 21 heavy (non-hydrogen) atoms. The van der Waals surface area contributed by atoms with Crippen molar-refractivity contribution in [2.24, 2.45) is 5.73 Å². The van der Waals surface area contributed by atoms with Gasteiger partial charge in [-0.25, -0.2) is 4.39 Å². The average molecular weight is 353 g/mol. The van der Waals surface area contributed by atoms with Crippen molar-refractivity contribution in [2.45, 2.75) is 6.61 Å². The molecule has 0 bridgehead atoms. The lowest BCUT2D eigenvalue weighted by atomic mass is 10.1. The highest BCUT2D eigenvalue weighted by Crippen LogP contribution is 2.24. The molecule has 0 radical (unpaired) electrons. The van der Waals surface area contributed by atoms with E-state index in [0.717, 1.165) is 5.56 Å². The molecule has 0 saturated carbocycles. The van der Waals surface area contributed by atoms with Crippen molar-refractivity contribution in [2.75, 3.05) is 7.11 Å². The van der Waals surface area contributed by atoms with Gasteiger partial charge < -0.3 is 15.2 Å². The van der Waals surface area contributed by atoms with E-state index in [1.807, 2.05) is 0 Å². The molecule has 0 saturated heterocycles. The molecule has 0 aliphatic rings. The number of ether oxygens (including phenoxy) is 2. The molecular weight excluding hydrogens is 339 g/mol. The molecule has 0 aliphatic heterocycles. The van der Waals surface area contributed by atoms with Gasteiger partial charge in [0, 0.05) is 17.2 Å². The number of nitrogens with two attached hydrogens (primary N) is 1. The summed E-state index contributed by atoms with van der Waals surface area (Å²) in [7, 11) is 1.55. The van der Waals surface area contributed by atoms with Gasteiger partial charge in [-0.15, -0.1) is 0 Å². The van der Waals surface area contributed by atoms with Crippen LogP contribution < -0.4 is 15.2 Å². The van der Waals surface area contributed by atoms with Crippen LogP contribution in [0.4, 0.5) is 4.39 Å². The minimum atomic E-state index is -0.392. The van der Waals surface area contributed by atoms with Crippen molar-refractivity contribution in [3.05, 3.63) is 57.8 Å². The zero-order valence-corrected chi connectivity index (χ0v) is 12.9. The highest BCUT2D eigenvalue weighted by Gasteiger charge is 2.08. The smallest absolute Gasteiger partial charge is 0.141 e. The second-order valence-corrected chi connectivity index (χ2v) is 5.16. The van der Waals surface area contributed by atoms with Gasteiger partial charge in [0.05, 0.1) is 11.6 Å². The Morgan fingerprint density at radius 1 is 1.29 bits per heavy atom. The first kappa shape index (κ1) is 15.3. The van der Waals surface area contributed by atoms with E-state index in [2.05, 4.69) is 15.9 Å². The summed E-state index contributed by atoms with van der Waals surface area (Å²) < 4.78 is 24.6. The van der Waals surface area contributed by atoms with E-state index < -0.39 is 5.82 Å². The summed E-state index contributed by atoms with van der Waals surface area (Å²) in [4.78, 5) is 0. The van der Waals surface area contributed by atoms with E-state index >= 15 is 0 Å². The quantitative estimate of drug-likeness (QED) is 0.639. The van der Waals surface area contributed by atoms with Crippen molar-refractivity contribution in [3.8, 4) is 11.5 Å². The largest absolute Gasteiger partial charge is 0.496 e. The normalized spacial score (nSPS) is 10.2. The molecular formula is C15H14BrFN2O2. The third-order valence-corrected chi connectivity index (χ3v) is 3.52. The van der Waals surface area contributed by atoms with E-state index in [9.17, 15) is 4.39 Å². The minimum absolute atomic E-state index is 0.0337. The van der Waals surface area contributed by atoms with Crippen LogP contribution in [0.15, 0.2) is 40.9 Å². The Balaban J connectivity index is 2.19. The van der Waals surface area contributed by atoms with E-state index in [1.165, 1.54) is 6.07 Å². The molecule has 0 amide bonds. The highest BCUT2D eigenvalue weighted by atomic mass is 79.9. The first-order valence-corrected chi connectivity index (χ1v) is 6.89. The molecule has 2 aromatic carbocycles. The predicted molar refractivity (Wildman–Crippen MR) is 82.4 cm³/mol. The van der Waals surface area contributed by atoms with E-state index in [0.29, 0.717) is 21.5 Å². The van der Waals surface area contributed by atoms with Crippen LogP contribution in [-0.2, 0) is 6.61 Å². The summed E-state index contributed by atoms with van der Waals surface area (Å²) >= 11 is 3.09. The molecule has 4 nitrogen and oxygen atoms in total. The Kier molecular flexibility index (Phi) is 4.80. The fourth-order valence-electron chi connectivity index (χ4n) is 1.79. The zero-order valence-electron chi connectivity index (χ0n) is 11.3. The number of amidine groups is 1. The monoisotopic (exact) mass is 352 g/mol. The number of nitrogens with one attached hydrogen (secondary N) is 1. The zero-order chi connectivity index (χ0) is 15.4. The lowest BCUT2D eigenvalue weighted by Crippen LogP contribution is -2.12. The second kappa shape index (κ2) is 6.58. The van der Waals surface area contributed by atoms with Gasteiger partial charge in [0.1, 0.15) is 29.8 Å². The van der Waals surface area contributed by atoms with Crippen LogP contribution in [0.3, 0.4) is 0 Å². The van der Waals surface area contributed by atoms with Crippen molar-refractivity contribution in [1.82, 2.24) is 0 Å². The molecule has 3 N–H and O–H groups in total. The molecule has 0 heterocycles. The molecule has 0 fully saturated rings. The van der Waals surface area contributed by atoms with Crippen molar-refractivity contribution in [3.63, 3.8) is 0 Å². The third kappa shape index (κ3) is 3.72. The molecule has 0 spiro atoms. The molecule has 0 unspecified atom stereocenters. The fraction of sp³-hybridized carbons (Fsp3) is 0.133. The van der Waals surface area contributed by atoms with Crippen molar-refractivity contribution in [1.29, 1.82) is 5.41 Å². The number of hydrogen-bond acceptors (Lipinski definition) is 3. The number of rotatable bonds is 5. The number of hydrogen-bond donors (Lipinski definition) is 2. The SMILES string of the molecule is COc1ccc(C(=N)N)cc1COc1ccc(Br)c(F)c1. The third-order valence-electron chi connectivity index (χ3n) is 2.88. The van der Waals surface area contributed by atoms with Gasteiger partial charge in [-0.2, -0.15) is 0 Å². The molecule has 110 valence electrons. The van der Waals surface area contributed by atoms with Crippen LogP contribution >= 0.6 is 15.9 Å². The van der Waals surface area contributed by atoms with Crippen LogP contribution in [0.2, 0.25) is 0 Å². The van der Waals surface area contributed by atoms with Gasteiger partial charge in [-0.3, -0.25) is 5.41 Å². The maximum absolute atomic E-state index is 13.4. The van der Waals surface area contributed by atoms with Crippen LogP contribution in [-0.4, -0.2) is 12.9 Å². The van der Waals surface area contributed by atoms with Crippen LogP contribution in [0.1, 0.15) is 11.1 Å². The standard InChI is InChI=1S/C15H14BrFN2O2/c1-20-14-5-2-9(15(18)19)6-10(14)8-21-11-3-4-12(16)13(17)7-11/h2-7H,8H2,1H3,(H3,18,19). The lowest BCUT2D eigenvalue weighted by Gasteiger charge is -2.12. The van der Waals surface area contributed by atoms with Crippen molar-refractivity contribution < 1.29 is 13.9 Å².